The van der Waals surface area contributed by atoms with E-state index in [1.165, 1.54) is 5.56 Å². The lowest BCUT2D eigenvalue weighted by Crippen LogP contribution is -2.21. The highest BCUT2D eigenvalue weighted by Gasteiger charge is 2.27. The Morgan fingerprint density at radius 2 is 1.88 bits per heavy atom. The molecule has 3 heteroatoms. The van der Waals surface area contributed by atoms with Gasteiger partial charge in [-0.1, -0.05) is 40.7 Å². The molecule has 1 heterocycles. The average Bonchev–Trinajstić information content (AvgIpc) is 2.14. The maximum atomic E-state index is 4.42. The monoisotopic (exact) mass is 238 g/mol. The summed E-state index contributed by atoms with van der Waals surface area (Å²) in [6, 6.07) is 4.17. The van der Waals surface area contributed by atoms with Gasteiger partial charge in [0.25, 0.3) is 0 Å². The molecule has 1 rings (SSSR count). The molecular weight excluding hydrogens is 215 g/mol. The number of anilines is 1. The van der Waals surface area contributed by atoms with E-state index < -0.39 is 0 Å². The molecule has 90 valence electrons. The molecule has 16 heavy (non-hydrogen) atoms. The van der Waals surface area contributed by atoms with Crippen LogP contribution >= 0.6 is 8.07 Å². The normalized spacial score (nSPS) is 13.9. The van der Waals surface area contributed by atoms with E-state index in [9.17, 15) is 0 Å². The Morgan fingerprint density at radius 3 is 2.25 bits per heavy atom. The summed E-state index contributed by atoms with van der Waals surface area (Å²) in [4.78, 5) is 4.42. The fourth-order valence-corrected chi connectivity index (χ4v) is 4.25. The summed E-state index contributed by atoms with van der Waals surface area (Å²) in [5.41, 5.74) is 1.85. The Balaban J connectivity index is 2.80. The summed E-state index contributed by atoms with van der Waals surface area (Å²) in [5, 5.41) is 3.90. The average molecular weight is 238 g/mol. The first-order valence-electron chi connectivity index (χ1n) is 5.79. The second kappa shape index (κ2) is 5.14. The van der Waals surface area contributed by atoms with Gasteiger partial charge in [-0.25, -0.2) is 4.98 Å². The number of aromatic nitrogens is 1. The molecule has 0 spiro atoms. The van der Waals surface area contributed by atoms with Crippen molar-refractivity contribution in [1.82, 2.24) is 4.98 Å². The number of rotatable bonds is 3. The molecule has 1 unspecified atom stereocenters. The molecule has 0 aliphatic carbocycles. The summed E-state index contributed by atoms with van der Waals surface area (Å²) in [7, 11) is -0.259. The van der Waals surface area contributed by atoms with Crippen molar-refractivity contribution in [3.05, 3.63) is 23.9 Å². The van der Waals surface area contributed by atoms with Crippen molar-refractivity contribution in [1.29, 1.82) is 0 Å². The lowest BCUT2D eigenvalue weighted by Gasteiger charge is -2.35. The third kappa shape index (κ3) is 3.75. The van der Waals surface area contributed by atoms with Gasteiger partial charge >= 0.3 is 0 Å². The van der Waals surface area contributed by atoms with Crippen LogP contribution in [0.25, 0.3) is 0 Å². The van der Waals surface area contributed by atoms with Gasteiger partial charge in [0.1, 0.15) is 5.82 Å². The standard InChI is InChI=1S/C13H23N2P/c1-10(2)16(13(4,5)6)15-12-8-7-11(3)9-14-12/h7-10H,1-6H3,(H,14,15). The molecule has 1 atom stereocenters. The van der Waals surface area contributed by atoms with Crippen molar-refractivity contribution in [3.63, 3.8) is 0 Å². The first kappa shape index (κ1) is 13.4. The van der Waals surface area contributed by atoms with E-state index >= 15 is 0 Å². The zero-order valence-corrected chi connectivity index (χ0v) is 12.1. The molecule has 1 aromatic heterocycles. The molecule has 0 saturated heterocycles. The molecule has 0 aliphatic heterocycles. The molecule has 0 aliphatic rings. The minimum Gasteiger partial charge on any atom is -0.348 e. The topological polar surface area (TPSA) is 24.9 Å². The Labute approximate surface area is 101 Å². The number of nitrogens with one attached hydrogen (secondary N) is 1. The van der Waals surface area contributed by atoms with Crippen molar-refractivity contribution in [2.45, 2.75) is 52.4 Å². The van der Waals surface area contributed by atoms with Gasteiger partial charge in [-0.15, -0.1) is 0 Å². The summed E-state index contributed by atoms with van der Waals surface area (Å²) < 4.78 is 0. The fraction of sp³-hybridized carbons (Fsp3) is 0.615. The molecule has 0 saturated carbocycles. The second-order valence-corrected chi connectivity index (χ2v) is 8.81. The molecule has 1 N–H and O–H groups in total. The Morgan fingerprint density at radius 1 is 1.25 bits per heavy atom. The van der Waals surface area contributed by atoms with E-state index in [4.69, 9.17) is 0 Å². The van der Waals surface area contributed by atoms with Crippen LogP contribution in [-0.2, 0) is 0 Å². The molecular formula is C13H23N2P. The van der Waals surface area contributed by atoms with E-state index in [1.807, 2.05) is 6.20 Å². The highest BCUT2D eigenvalue weighted by atomic mass is 31.1. The van der Waals surface area contributed by atoms with Gasteiger partial charge in [-0.3, -0.25) is 0 Å². The van der Waals surface area contributed by atoms with Gasteiger partial charge < -0.3 is 5.09 Å². The third-order valence-corrected chi connectivity index (χ3v) is 5.33. The predicted molar refractivity (Wildman–Crippen MR) is 74.4 cm³/mol. The van der Waals surface area contributed by atoms with E-state index in [0.29, 0.717) is 10.8 Å². The van der Waals surface area contributed by atoms with Gasteiger partial charge in [0.05, 0.1) is 0 Å². The van der Waals surface area contributed by atoms with Crippen LogP contribution in [0.15, 0.2) is 18.3 Å². The SMILES string of the molecule is Cc1ccc(NP(C(C)C)C(C)(C)C)nc1. The Bertz CT molecular complexity index is 325. The van der Waals surface area contributed by atoms with Crippen molar-refractivity contribution < 1.29 is 0 Å². The number of aryl methyl sites for hydroxylation is 1. The van der Waals surface area contributed by atoms with Crippen LogP contribution in [0.1, 0.15) is 40.2 Å². The predicted octanol–water partition coefficient (Wildman–Crippen LogP) is 4.41. The largest absolute Gasteiger partial charge is 0.348 e. The molecule has 0 bridgehead atoms. The number of hydrogen-bond acceptors (Lipinski definition) is 2. The maximum absolute atomic E-state index is 4.42. The van der Waals surface area contributed by atoms with Crippen LogP contribution in [0.3, 0.4) is 0 Å². The van der Waals surface area contributed by atoms with Crippen molar-refractivity contribution >= 4 is 13.9 Å². The van der Waals surface area contributed by atoms with Crippen LogP contribution in [0.5, 0.6) is 0 Å². The van der Waals surface area contributed by atoms with E-state index in [2.05, 4.69) is 63.7 Å². The summed E-state index contributed by atoms with van der Waals surface area (Å²) in [6.07, 6.45) is 1.92. The van der Waals surface area contributed by atoms with E-state index in [0.717, 1.165) is 5.82 Å². The Hall–Kier alpha value is -0.620. The van der Waals surface area contributed by atoms with Gasteiger partial charge in [0.15, 0.2) is 0 Å². The minimum atomic E-state index is -0.259. The molecule has 0 fully saturated rings. The highest BCUT2D eigenvalue weighted by Crippen LogP contribution is 2.52. The summed E-state index contributed by atoms with van der Waals surface area (Å²) in [5.74, 6) is 1.00. The number of nitrogens with zero attached hydrogens (tertiary/aromatic N) is 1. The quantitative estimate of drug-likeness (QED) is 0.789. The van der Waals surface area contributed by atoms with Crippen molar-refractivity contribution in [3.8, 4) is 0 Å². The van der Waals surface area contributed by atoms with Gasteiger partial charge in [-0.05, 0) is 32.3 Å². The van der Waals surface area contributed by atoms with E-state index in [1.54, 1.807) is 0 Å². The fourth-order valence-electron chi connectivity index (χ4n) is 1.73. The molecule has 0 aromatic carbocycles. The Kier molecular flexibility index (Phi) is 4.32. The van der Waals surface area contributed by atoms with E-state index in [-0.39, 0.29) is 8.07 Å². The van der Waals surface area contributed by atoms with Gasteiger partial charge in [-0.2, -0.15) is 0 Å². The highest BCUT2D eigenvalue weighted by molar-refractivity contribution is 7.61. The third-order valence-electron chi connectivity index (χ3n) is 2.39. The van der Waals surface area contributed by atoms with Crippen LogP contribution in [0.2, 0.25) is 0 Å². The van der Waals surface area contributed by atoms with Crippen LogP contribution in [0.4, 0.5) is 5.82 Å². The lowest BCUT2D eigenvalue weighted by molar-refractivity contribution is 0.772. The van der Waals surface area contributed by atoms with Crippen LogP contribution < -0.4 is 5.09 Å². The maximum Gasteiger partial charge on any atom is 0.129 e. The lowest BCUT2D eigenvalue weighted by atomic mass is 10.3. The first-order valence-corrected chi connectivity index (χ1v) is 7.20. The zero-order chi connectivity index (χ0) is 12.3. The molecule has 1 aromatic rings. The summed E-state index contributed by atoms with van der Waals surface area (Å²) >= 11 is 0. The van der Waals surface area contributed by atoms with Gasteiger partial charge in [0, 0.05) is 11.4 Å². The van der Waals surface area contributed by atoms with Crippen LogP contribution in [-0.4, -0.2) is 15.8 Å². The van der Waals surface area contributed by atoms with Crippen molar-refractivity contribution in [2.75, 3.05) is 5.09 Å². The first-order chi connectivity index (χ1) is 7.30. The number of pyridine rings is 1. The zero-order valence-electron chi connectivity index (χ0n) is 11.2. The second-order valence-electron chi connectivity index (χ2n) is 5.47. The summed E-state index contributed by atoms with van der Waals surface area (Å²) in [6.45, 7) is 13.5. The molecule has 0 amide bonds. The number of hydrogen-bond donors (Lipinski definition) is 1. The molecule has 2 nitrogen and oxygen atoms in total. The van der Waals surface area contributed by atoms with Crippen molar-refractivity contribution in [2.24, 2.45) is 0 Å². The van der Waals surface area contributed by atoms with Gasteiger partial charge in [0.2, 0.25) is 0 Å². The smallest absolute Gasteiger partial charge is 0.129 e. The molecule has 0 radical (unpaired) electrons. The minimum absolute atomic E-state index is 0.259. The van der Waals surface area contributed by atoms with Crippen LogP contribution in [0, 0.1) is 6.92 Å².